The van der Waals surface area contributed by atoms with Crippen LogP contribution in [0.15, 0.2) is 17.7 Å². The molecule has 1 nitrogen and oxygen atoms in total. The van der Waals surface area contributed by atoms with Crippen LogP contribution in [0.2, 0.25) is 0 Å². The van der Waals surface area contributed by atoms with Crippen molar-refractivity contribution >= 4 is 0 Å². The molecule has 1 rings (SSSR count). The zero-order chi connectivity index (χ0) is 11.5. The number of hydrogen-bond donors (Lipinski definition) is 0. The second-order valence-corrected chi connectivity index (χ2v) is 3.84. The van der Waals surface area contributed by atoms with Gasteiger partial charge in [0, 0.05) is 0 Å². The molecule has 0 N–H and O–H groups in total. The van der Waals surface area contributed by atoms with Crippen LogP contribution in [-0.2, 0) is 0 Å². The summed E-state index contributed by atoms with van der Waals surface area (Å²) >= 11 is 0. The average molecular weight is 247 g/mol. The van der Waals surface area contributed by atoms with Gasteiger partial charge >= 0.3 is 51.4 Å². The van der Waals surface area contributed by atoms with E-state index in [2.05, 4.69) is 11.0 Å². The van der Waals surface area contributed by atoms with Crippen molar-refractivity contribution in [2.24, 2.45) is 0 Å². The van der Waals surface area contributed by atoms with E-state index >= 15 is 0 Å². The fourth-order valence-corrected chi connectivity index (χ4v) is 1.71. The maximum atomic E-state index is 5.52. The van der Waals surface area contributed by atoms with Gasteiger partial charge in [0.05, 0.1) is 0 Å². The maximum absolute atomic E-state index is 5.52. The first kappa shape index (κ1) is 19.4. The predicted molar refractivity (Wildman–Crippen MR) is 68.9 cm³/mol. The van der Waals surface area contributed by atoms with E-state index in [0.29, 0.717) is 0 Å². The molecule has 1 aliphatic rings. The second-order valence-electron chi connectivity index (χ2n) is 3.84. The smallest absolute Gasteiger partial charge is 0.303 e. The van der Waals surface area contributed by atoms with Crippen molar-refractivity contribution in [3.05, 3.63) is 24.3 Å². The van der Waals surface area contributed by atoms with Crippen LogP contribution in [0.5, 0.6) is 0 Å². The van der Waals surface area contributed by atoms with E-state index in [1.807, 2.05) is 26.8 Å². The van der Waals surface area contributed by atoms with Crippen LogP contribution >= 0.6 is 0 Å². The first-order valence-electron chi connectivity index (χ1n) is 6.27. The average Bonchev–Trinajstić information content (AvgIpc) is 2.73. The Kier molecular flexibility index (Phi) is 17.2. The Hall–Kier alpha value is 1.08. The molecule has 1 aliphatic heterocycles. The van der Waals surface area contributed by atoms with E-state index in [4.69, 9.17) is 6.58 Å². The Morgan fingerprint density at radius 3 is 2.31 bits per heavy atom. The second kappa shape index (κ2) is 14.1. The molecule has 1 heterocycles. The molecule has 1 saturated heterocycles. The predicted octanol–water partition coefficient (Wildman–Crippen LogP) is 0.828. The molecule has 0 unspecified atom stereocenters. The Balaban J connectivity index is 0. The van der Waals surface area contributed by atoms with E-state index in [9.17, 15) is 0 Å². The summed E-state index contributed by atoms with van der Waals surface area (Å²) in [6, 6.07) is 0. The molecule has 0 radical (unpaired) electrons. The minimum atomic E-state index is 0. The fourth-order valence-electron chi connectivity index (χ4n) is 1.71. The van der Waals surface area contributed by atoms with Crippen LogP contribution in [0.1, 0.15) is 46.5 Å². The molecule has 0 spiro atoms. The van der Waals surface area contributed by atoms with E-state index < -0.39 is 0 Å². The van der Waals surface area contributed by atoms with Crippen molar-refractivity contribution in [1.82, 2.24) is 4.90 Å². The summed E-state index contributed by atoms with van der Waals surface area (Å²) in [4.78, 5) is 2.55. The molecule has 2 heteroatoms. The van der Waals surface area contributed by atoms with E-state index in [1.165, 1.54) is 38.9 Å². The van der Waals surface area contributed by atoms with E-state index in [-0.39, 0.29) is 51.4 Å². The van der Waals surface area contributed by atoms with Gasteiger partial charge in [-0.25, -0.2) is 11.6 Å². The zero-order valence-electron chi connectivity index (χ0n) is 11.6. The normalized spacial score (nSPS) is 15.4. The largest absolute Gasteiger partial charge is 1.00 e. The third-order valence-corrected chi connectivity index (χ3v) is 2.42. The molecule has 0 aromatic heterocycles. The summed E-state index contributed by atoms with van der Waals surface area (Å²) in [5.41, 5.74) is 0.904. The summed E-state index contributed by atoms with van der Waals surface area (Å²) in [5, 5.41) is 0. The van der Waals surface area contributed by atoms with Gasteiger partial charge in [-0.05, 0) is 38.9 Å². The standard InChI is InChI=1S/C12H20N.C2H6.K/c1-12(2)8-4-3-5-9-13-10-6-7-11-13;1-2;/h1,4,8H,3,5-7,9-11H2,2H3;1-2H3;/q-1;;+1/b8-4-;;. The van der Waals surface area contributed by atoms with E-state index in [0.717, 1.165) is 12.0 Å². The minimum Gasteiger partial charge on any atom is -0.303 e. The number of allylic oxidation sites excluding steroid dienone is 3. The van der Waals surface area contributed by atoms with Crippen LogP contribution in [-0.4, -0.2) is 24.5 Å². The van der Waals surface area contributed by atoms with Gasteiger partial charge < -0.3 is 4.90 Å². The zero-order valence-corrected chi connectivity index (χ0v) is 14.8. The summed E-state index contributed by atoms with van der Waals surface area (Å²) in [6.45, 7) is 15.3. The van der Waals surface area contributed by atoms with Gasteiger partial charge in [-0.1, -0.05) is 27.2 Å². The summed E-state index contributed by atoms with van der Waals surface area (Å²) in [5.74, 6) is 0. The molecule has 0 bridgehead atoms. The number of likely N-dealkylation sites (tertiary alicyclic amines) is 1. The summed E-state index contributed by atoms with van der Waals surface area (Å²) < 4.78 is 0. The van der Waals surface area contributed by atoms with E-state index in [1.54, 1.807) is 0 Å². The van der Waals surface area contributed by atoms with Crippen LogP contribution in [0.25, 0.3) is 0 Å². The monoisotopic (exact) mass is 247 g/mol. The molecule has 0 aromatic rings. The Bertz CT molecular complexity index is 181. The Labute approximate surface area is 145 Å². The molecule has 0 aromatic carbocycles. The molecule has 0 atom stereocenters. The number of hydrogen-bond acceptors (Lipinski definition) is 1. The third-order valence-electron chi connectivity index (χ3n) is 2.42. The Morgan fingerprint density at radius 1 is 1.25 bits per heavy atom. The maximum Gasteiger partial charge on any atom is 1.00 e. The third kappa shape index (κ3) is 11.6. The number of rotatable bonds is 5. The van der Waals surface area contributed by atoms with Crippen molar-refractivity contribution in [2.75, 3.05) is 19.6 Å². The quantitative estimate of drug-likeness (QED) is 0.301. The molecular weight excluding hydrogens is 221 g/mol. The van der Waals surface area contributed by atoms with Crippen molar-refractivity contribution in [3.8, 4) is 0 Å². The molecule has 88 valence electrons. The minimum absolute atomic E-state index is 0. The molecule has 0 saturated carbocycles. The summed E-state index contributed by atoms with van der Waals surface area (Å²) in [7, 11) is 0. The first-order valence-corrected chi connectivity index (χ1v) is 6.27. The SMILES string of the molecule is CC.[CH-]=C(C)/C=C\CCCN1CCCC1.[K+]. The molecule has 1 fully saturated rings. The topological polar surface area (TPSA) is 3.24 Å². The van der Waals surface area contributed by atoms with Gasteiger partial charge in [-0.3, -0.25) is 6.58 Å². The van der Waals surface area contributed by atoms with Gasteiger partial charge in [0.1, 0.15) is 0 Å². The van der Waals surface area contributed by atoms with Gasteiger partial charge in [-0.2, -0.15) is 6.08 Å². The first-order chi connectivity index (χ1) is 7.29. The summed E-state index contributed by atoms with van der Waals surface area (Å²) in [6.07, 6.45) is 9.39. The molecule has 0 amide bonds. The van der Waals surface area contributed by atoms with Gasteiger partial charge in [0.15, 0.2) is 0 Å². The van der Waals surface area contributed by atoms with Crippen molar-refractivity contribution in [1.29, 1.82) is 0 Å². The van der Waals surface area contributed by atoms with Gasteiger partial charge in [-0.15, -0.1) is 0 Å². The van der Waals surface area contributed by atoms with Gasteiger partial charge in [0.25, 0.3) is 0 Å². The van der Waals surface area contributed by atoms with Gasteiger partial charge in [0.2, 0.25) is 0 Å². The number of unbranched alkanes of at least 4 members (excludes halogenated alkanes) is 1. The van der Waals surface area contributed by atoms with Crippen molar-refractivity contribution < 1.29 is 51.4 Å². The van der Waals surface area contributed by atoms with Crippen LogP contribution in [0.4, 0.5) is 0 Å². The molecule has 0 aliphatic carbocycles. The van der Waals surface area contributed by atoms with Crippen LogP contribution in [0, 0.1) is 6.58 Å². The number of nitrogens with zero attached hydrogens (tertiary/aromatic N) is 1. The van der Waals surface area contributed by atoms with Crippen LogP contribution < -0.4 is 51.4 Å². The van der Waals surface area contributed by atoms with Crippen molar-refractivity contribution in [3.63, 3.8) is 0 Å². The van der Waals surface area contributed by atoms with Crippen LogP contribution in [0.3, 0.4) is 0 Å². The fraction of sp³-hybridized carbons (Fsp3) is 0.714. The molecule has 16 heavy (non-hydrogen) atoms. The Morgan fingerprint density at radius 2 is 1.81 bits per heavy atom. The van der Waals surface area contributed by atoms with Crippen molar-refractivity contribution in [2.45, 2.75) is 46.5 Å². The molecular formula is C14H26KN.